The Morgan fingerprint density at radius 2 is 1.33 bits per heavy atom. The zero-order chi connectivity index (χ0) is 19.6. The van der Waals surface area contributed by atoms with E-state index in [0.29, 0.717) is 26.2 Å². The lowest BCUT2D eigenvalue weighted by Gasteiger charge is -2.35. The highest BCUT2D eigenvalue weighted by Crippen LogP contribution is 2.25. The monoisotopic (exact) mass is 368 g/mol. The lowest BCUT2D eigenvalue weighted by molar-refractivity contribution is 0.0532. The molecular formula is C21H24N2O4. The molecule has 142 valence electrons. The summed E-state index contributed by atoms with van der Waals surface area (Å²) >= 11 is 0. The van der Waals surface area contributed by atoms with Crippen molar-refractivity contribution < 1.29 is 19.8 Å². The average Bonchev–Trinajstić information content (AvgIpc) is 2.67. The molecule has 6 heteroatoms. The van der Waals surface area contributed by atoms with Gasteiger partial charge in [-0.1, -0.05) is 32.0 Å². The Bertz CT molecular complexity index is 855. The second-order valence-electron chi connectivity index (χ2n) is 7.03. The van der Waals surface area contributed by atoms with Crippen molar-refractivity contribution in [1.29, 1.82) is 0 Å². The van der Waals surface area contributed by atoms with Crippen LogP contribution in [0.5, 0.6) is 11.5 Å². The summed E-state index contributed by atoms with van der Waals surface area (Å²) in [6, 6.07) is 11.6. The Kier molecular flexibility index (Phi) is 5.35. The van der Waals surface area contributed by atoms with Gasteiger partial charge in [-0.05, 0) is 35.7 Å². The van der Waals surface area contributed by atoms with Crippen LogP contribution in [-0.2, 0) is 0 Å². The molecule has 1 aliphatic heterocycles. The maximum Gasteiger partial charge on any atom is 0.257 e. The Morgan fingerprint density at radius 3 is 1.81 bits per heavy atom. The fraction of sp³-hybridized carbons (Fsp3) is 0.333. The minimum atomic E-state index is -0.246. The second kappa shape index (κ2) is 7.70. The number of carbonyl (C=O) groups is 2. The first-order valence-corrected chi connectivity index (χ1v) is 9.08. The number of phenols is 2. The molecule has 1 heterocycles. The number of benzene rings is 2. The molecule has 0 aromatic heterocycles. The number of para-hydroxylation sites is 1. The van der Waals surface area contributed by atoms with E-state index < -0.39 is 0 Å². The number of nitrogens with zero attached hydrogens (tertiary/aromatic N) is 2. The van der Waals surface area contributed by atoms with Crippen molar-refractivity contribution in [2.24, 2.45) is 0 Å². The number of piperazine rings is 1. The van der Waals surface area contributed by atoms with Crippen LogP contribution in [0.25, 0.3) is 0 Å². The van der Waals surface area contributed by atoms with Crippen molar-refractivity contribution in [2.75, 3.05) is 26.2 Å². The molecule has 0 spiro atoms. The van der Waals surface area contributed by atoms with Crippen LogP contribution in [0.1, 0.15) is 46.0 Å². The van der Waals surface area contributed by atoms with Gasteiger partial charge in [-0.2, -0.15) is 0 Å². The predicted molar refractivity (Wildman–Crippen MR) is 102 cm³/mol. The van der Waals surface area contributed by atoms with Crippen LogP contribution in [0.4, 0.5) is 0 Å². The van der Waals surface area contributed by atoms with Gasteiger partial charge in [0.2, 0.25) is 0 Å². The van der Waals surface area contributed by atoms with Gasteiger partial charge in [0.1, 0.15) is 11.5 Å². The third-order valence-corrected chi connectivity index (χ3v) is 4.91. The average molecular weight is 368 g/mol. The van der Waals surface area contributed by atoms with E-state index in [9.17, 15) is 19.8 Å². The smallest absolute Gasteiger partial charge is 0.257 e. The minimum Gasteiger partial charge on any atom is -0.507 e. The van der Waals surface area contributed by atoms with E-state index in [2.05, 4.69) is 0 Å². The van der Waals surface area contributed by atoms with Gasteiger partial charge in [0.25, 0.3) is 11.8 Å². The summed E-state index contributed by atoms with van der Waals surface area (Å²) in [5.74, 6) is -0.277. The molecule has 6 nitrogen and oxygen atoms in total. The van der Waals surface area contributed by atoms with E-state index in [1.54, 1.807) is 40.1 Å². The fourth-order valence-electron chi connectivity index (χ4n) is 3.20. The topological polar surface area (TPSA) is 81.1 Å². The van der Waals surface area contributed by atoms with Crippen LogP contribution in [0, 0.1) is 0 Å². The van der Waals surface area contributed by atoms with E-state index in [0.717, 1.165) is 5.56 Å². The lowest BCUT2D eigenvalue weighted by Crippen LogP contribution is -2.50. The minimum absolute atomic E-state index is 0.0149. The first kappa shape index (κ1) is 18.8. The SMILES string of the molecule is CC(C)c1ccc(C(=O)N2CCN(C(=O)c3ccccc3O)CC2)c(O)c1. The molecule has 1 saturated heterocycles. The summed E-state index contributed by atoms with van der Waals surface area (Å²) in [5.41, 5.74) is 1.52. The highest BCUT2D eigenvalue weighted by atomic mass is 16.3. The van der Waals surface area contributed by atoms with Crippen molar-refractivity contribution >= 4 is 11.8 Å². The number of phenolic OH excluding ortho intramolecular Hbond substituents is 2. The molecule has 0 radical (unpaired) electrons. The zero-order valence-electron chi connectivity index (χ0n) is 15.6. The maximum atomic E-state index is 12.7. The molecule has 0 bridgehead atoms. The molecule has 3 rings (SSSR count). The molecule has 0 atom stereocenters. The Morgan fingerprint density at radius 1 is 0.815 bits per heavy atom. The third kappa shape index (κ3) is 3.89. The molecule has 1 fully saturated rings. The molecule has 0 unspecified atom stereocenters. The van der Waals surface area contributed by atoms with Gasteiger partial charge in [0.15, 0.2) is 0 Å². The van der Waals surface area contributed by atoms with Crippen molar-refractivity contribution in [3.63, 3.8) is 0 Å². The molecule has 27 heavy (non-hydrogen) atoms. The highest BCUT2D eigenvalue weighted by molar-refractivity contribution is 5.98. The third-order valence-electron chi connectivity index (χ3n) is 4.91. The van der Waals surface area contributed by atoms with Gasteiger partial charge in [-0.3, -0.25) is 9.59 Å². The molecular weight excluding hydrogens is 344 g/mol. The Hall–Kier alpha value is -3.02. The lowest BCUT2D eigenvalue weighted by atomic mass is 10.0. The van der Waals surface area contributed by atoms with E-state index >= 15 is 0 Å². The molecule has 0 aliphatic carbocycles. The van der Waals surface area contributed by atoms with Crippen LogP contribution in [0.15, 0.2) is 42.5 Å². The first-order chi connectivity index (χ1) is 12.9. The number of aromatic hydroxyl groups is 2. The highest BCUT2D eigenvalue weighted by Gasteiger charge is 2.27. The number of hydrogen-bond donors (Lipinski definition) is 2. The molecule has 0 saturated carbocycles. The van der Waals surface area contributed by atoms with E-state index in [1.165, 1.54) is 6.07 Å². The van der Waals surface area contributed by atoms with Crippen LogP contribution in [0.2, 0.25) is 0 Å². The second-order valence-corrected chi connectivity index (χ2v) is 7.03. The number of rotatable bonds is 3. The Balaban J connectivity index is 1.66. The van der Waals surface area contributed by atoms with Crippen molar-refractivity contribution in [2.45, 2.75) is 19.8 Å². The summed E-state index contributed by atoms with van der Waals surface area (Å²) in [4.78, 5) is 28.5. The van der Waals surface area contributed by atoms with E-state index in [1.807, 2.05) is 19.9 Å². The molecule has 2 N–H and O–H groups in total. The van der Waals surface area contributed by atoms with Gasteiger partial charge >= 0.3 is 0 Å². The molecule has 2 aromatic rings. The predicted octanol–water partition coefficient (Wildman–Crippen LogP) is 2.82. The van der Waals surface area contributed by atoms with Crippen LogP contribution in [0.3, 0.4) is 0 Å². The largest absolute Gasteiger partial charge is 0.507 e. The molecule has 1 aliphatic rings. The summed E-state index contributed by atoms with van der Waals surface area (Å²) in [5, 5.41) is 20.1. The summed E-state index contributed by atoms with van der Waals surface area (Å²) in [6.07, 6.45) is 0. The van der Waals surface area contributed by atoms with Gasteiger partial charge in [-0.15, -0.1) is 0 Å². The molecule has 2 amide bonds. The van der Waals surface area contributed by atoms with Crippen LogP contribution < -0.4 is 0 Å². The first-order valence-electron chi connectivity index (χ1n) is 9.08. The summed E-state index contributed by atoms with van der Waals surface area (Å²) in [7, 11) is 0. The van der Waals surface area contributed by atoms with Gasteiger partial charge in [0, 0.05) is 26.2 Å². The number of amides is 2. The van der Waals surface area contributed by atoms with Crippen molar-refractivity contribution in [3.05, 3.63) is 59.2 Å². The quantitative estimate of drug-likeness (QED) is 0.873. The van der Waals surface area contributed by atoms with Crippen molar-refractivity contribution in [3.8, 4) is 11.5 Å². The zero-order valence-corrected chi connectivity index (χ0v) is 15.6. The van der Waals surface area contributed by atoms with Crippen molar-refractivity contribution in [1.82, 2.24) is 9.80 Å². The Labute approximate surface area is 158 Å². The summed E-state index contributed by atoms with van der Waals surface area (Å²) in [6.45, 7) is 5.56. The maximum absolute atomic E-state index is 12.7. The summed E-state index contributed by atoms with van der Waals surface area (Å²) < 4.78 is 0. The van der Waals surface area contributed by atoms with Crippen LogP contribution >= 0.6 is 0 Å². The van der Waals surface area contributed by atoms with Gasteiger partial charge in [0.05, 0.1) is 11.1 Å². The van der Waals surface area contributed by atoms with Crippen LogP contribution in [-0.4, -0.2) is 58.0 Å². The number of hydrogen-bond acceptors (Lipinski definition) is 4. The number of carbonyl (C=O) groups excluding carboxylic acids is 2. The van der Waals surface area contributed by atoms with E-state index in [-0.39, 0.29) is 40.4 Å². The standard InChI is InChI=1S/C21H24N2O4/c1-14(2)15-7-8-17(19(25)13-15)21(27)23-11-9-22(10-12-23)20(26)16-5-3-4-6-18(16)24/h3-8,13-14,24-25H,9-12H2,1-2H3. The molecule has 2 aromatic carbocycles. The normalized spacial score (nSPS) is 14.5. The van der Waals surface area contributed by atoms with Gasteiger partial charge in [-0.25, -0.2) is 0 Å². The van der Waals surface area contributed by atoms with E-state index in [4.69, 9.17) is 0 Å². The fourth-order valence-corrected chi connectivity index (χ4v) is 3.20. The van der Waals surface area contributed by atoms with Gasteiger partial charge < -0.3 is 20.0 Å².